The molecule has 0 aliphatic heterocycles. The number of rotatable bonds is 3. The number of aryl methyl sites for hydroxylation is 1. The third-order valence-corrected chi connectivity index (χ3v) is 2.52. The van der Waals surface area contributed by atoms with E-state index in [0.717, 1.165) is 0 Å². The summed E-state index contributed by atoms with van der Waals surface area (Å²) in [6.45, 7) is 1.89. The lowest BCUT2D eigenvalue weighted by atomic mass is 10.3. The van der Waals surface area contributed by atoms with Crippen LogP contribution in [0.15, 0.2) is 29.1 Å². The average molecular weight is 266 g/mol. The van der Waals surface area contributed by atoms with Gasteiger partial charge in [0.15, 0.2) is 5.75 Å². The molecular formula is C12H12ClN3O2. The Kier molecular flexibility index (Phi) is 3.53. The van der Waals surface area contributed by atoms with Crippen LogP contribution in [0.3, 0.4) is 0 Å². The largest absolute Gasteiger partial charge is 0.437 e. The Morgan fingerprint density at radius 3 is 2.89 bits per heavy atom. The number of ether oxygens (including phenoxy) is 1. The minimum Gasteiger partial charge on any atom is -0.437 e. The molecule has 2 rings (SSSR count). The molecule has 0 fully saturated rings. The van der Waals surface area contributed by atoms with Crippen LogP contribution < -0.4 is 16.0 Å². The molecule has 6 heteroatoms. The van der Waals surface area contributed by atoms with Crippen LogP contribution in [-0.4, -0.2) is 9.97 Å². The first-order valence-electron chi connectivity index (χ1n) is 5.41. The van der Waals surface area contributed by atoms with Gasteiger partial charge in [-0.3, -0.25) is 4.79 Å². The van der Waals surface area contributed by atoms with Crippen LogP contribution in [0.2, 0.25) is 5.02 Å². The normalized spacial score (nSPS) is 10.3. The van der Waals surface area contributed by atoms with Gasteiger partial charge in [0, 0.05) is 11.4 Å². The number of aromatic amines is 1. The van der Waals surface area contributed by atoms with Crippen molar-refractivity contribution in [3.8, 4) is 11.6 Å². The van der Waals surface area contributed by atoms with E-state index in [1.54, 1.807) is 18.2 Å². The molecule has 1 aromatic carbocycles. The van der Waals surface area contributed by atoms with Gasteiger partial charge >= 0.3 is 0 Å². The van der Waals surface area contributed by atoms with Crippen LogP contribution in [0, 0.1) is 0 Å². The summed E-state index contributed by atoms with van der Waals surface area (Å²) in [5.41, 5.74) is 5.89. The van der Waals surface area contributed by atoms with Gasteiger partial charge in [0.1, 0.15) is 5.82 Å². The summed E-state index contributed by atoms with van der Waals surface area (Å²) < 4.78 is 5.47. The molecule has 0 spiro atoms. The predicted octanol–water partition coefficient (Wildman–Crippen LogP) is 2.36. The predicted molar refractivity (Wildman–Crippen MR) is 70.2 cm³/mol. The lowest BCUT2D eigenvalue weighted by Crippen LogP contribution is -2.10. The first-order valence-corrected chi connectivity index (χ1v) is 5.79. The molecule has 0 unspecified atom stereocenters. The molecule has 2 aromatic rings. The average Bonchev–Trinajstić information content (AvgIpc) is 2.32. The number of nitrogens with one attached hydrogen (secondary N) is 1. The fourth-order valence-electron chi connectivity index (χ4n) is 1.43. The number of H-pyrrole nitrogens is 1. The molecule has 0 aliphatic rings. The van der Waals surface area contributed by atoms with Crippen LogP contribution in [0.5, 0.6) is 11.6 Å². The second kappa shape index (κ2) is 5.10. The fourth-order valence-corrected chi connectivity index (χ4v) is 1.61. The number of halogens is 1. The van der Waals surface area contributed by atoms with E-state index in [1.165, 1.54) is 6.07 Å². The molecule has 0 atom stereocenters. The molecule has 0 aliphatic carbocycles. The highest BCUT2D eigenvalue weighted by Gasteiger charge is 2.06. The maximum absolute atomic E-state index is 11.4. The monoisotopic (exact) mass is 265 g/mol. The summed E-state index contributed by atoms with van der Waals surface area (Å²) in [5, 5.41) is 0.521. The van der Waals surface area contributed by atoms with E-state index in [2.05, 4.69) is 9.97 Å². The van der Waals surface area contributed by atoms with Gasteiger partial charge in [-0.25, -0.2) is 0 Å². The van der Waals surface area contributed by atoms with E-state index in [-0.39, 0.29) is 11.4 Å². The molecule has 18 heavy (non-hydrogen) atoms. The van der Waals surface area contributed by atoms with Crippen molar-refractivity contribution in [1.82, 2.24) is 9.97 Å². The Bertz CT molecular complexity index is 625. The number of benzene rings is 1. The van der Waals surface area contributed by atoms with Gasteiger partial charge in [0.2, 0.25) is 5.88 Å². The van der Waals surface area contributed by atoms with Gasteiger partial charge in [0.05, 0.1) is 11.8 Å². The number of nitrogens with two attached hydrogens (primary N) is 1. The first-order chi connectivity index (χ1) is 8.58. The lowest BCUT2D eigenvalue weighted by molar-refractivity contribution is 0.460. The van der Waals surface area contributed by atoms with Gasteiger partial charge in [-0.15, -0.1) is 0 Å². The van der Waals surface area contributed by atoms with E-state index in [1.807, 2.05) is 6.92 Å². The van der Waals surface area contributed by atoms with Gasteiger partial charge in [-0.2, -0.15) is 4.98 Å². The van der Waals surface area contributed by atoms with Crippen LogP contribution in [-0.2, 0) is 6.42 Å². The van der Waals surface area contributed by atoms with Gasteiger partial charge < -0.3 is 15.5 Å². The van der Waals surface area contributed by atoms with Crippen molar-refractivity contribution in [3.05, 3.63) is 45.5 Å². The topological polar surface area (TPSA) is 81.0 Å². The first kappa shape index (κ1) is 12.4. The molecule has 5 nitrogen and oxygen atoms in total. The third-order valence-electron chi connectivity index (χ3n) is 2.29. The standard InChI is InChI=1S/C12H12ClN3O2/c1-2-10-15-11(17)6-12(16-10)18-9-4-3-7(13)5-8(9)14/h3-6H,2,14H2,1H3,(H,15,16,17). The zero-order valence-corrected chi connectivity index (χ0v) is 10.5. The molecule has 0 amide bonds. The van der Waals surface area contributed by atoms with Crippen molar-refractivity contribution in [2.45, 2.75) is 13.3 Å². The van der Waals surface area contributed by atoms with E-state index >= 15 is 0 Å². The smallest absolute Gasteiger partial charge is 0.254 e. The molecular weight excluding hydrogens is 254 g/mol. The van der Waals surface area contributed by atoms with E-state index in [0.29, 0.717) is 28.7 Å². The van der Waals surface area contributed by atoms with Crippen molar-refractivity contribution in [2.24, 2.45) is 0 Å². The highest BCUT2D eigenvalue weighted by molar-refractivity contribution is 6.30. The van der Waals surface area contributed by atoms with Crippen molar-refractivity contribution >= 4 is 17.3 Å². The molecule has 94 valence electrons. The molecule has 3 N–H and O–H groups in total. The molecule has 0 bridgehead atoms. The maximum atomic E-state index is 11.4. The number of hydrogen-bond acceptors (Lipinski definition) is 4. The van der Waals surface area contributed by atoms with E-state index < -0.39 is 0 Å². The third kappa shape index (κ3) is 2.81. The molecule has 0 saturated heterocycles. The number of anilines is 1. The Labute approximate surface area is 109 Å². The zero-order chi connectivity index (χ0) is 13.1. The van der Waals surface area contributed by atoms with Crippen LogP contribution in [0.4, 0.5) is 5.69 Å². The molecule has 0 radical (unpaired) electrons. The Morgan fingerprint density at radius 2 is 2.22 bits per heavy atom. The number of nitrogen functional groups attached to an aromatic ring is 1. The summed E-state index contributed by atoms with van der Waals surface area (Å²) in [6, 6.07) is 6.13. The maximum Gasteiger partial charge on any atom is 0.254 e. The molecule has 1 heterocycles. The van der Waals surface area contributed by atoms with E-state index in [9.17, 15) is 4.79 Å². The Balaban J connectivity index is 2.33. The molecule has 0 saturated carbocycles. The van der Waals surface area contributed by atoms with Crippen molar-refractivity contribution in [2.75, 3.05) is 5.73 Å². The van der Waals surface area contributed by atoms with Crippen LogP contribution >= 0.6 is 11.6 Å². The minimum absolute atomic E-state index is 0.213. The van der Waals surface area contributed by atoms with Crippen molar-refractivity contribution in [1.29, 1.82) is 0 Å². The van der Waals surface area contributed by atoms with Gasteiger partial charge in [0.25, 0.3) is 5.56 Å². The number of nitrogens with zero attached hydrogens (tertiary/aromatic N) is 1. The fraction of sp³-hybridized carbons (Fsp3) is 0.167. The van der Waals surface area contributed by atoms with Crippen LogP contribution in [0.1, 0.15) is 12.7 Å². The van der Waals surface area contributed by atoms with E-state index in [4.69, 9.17) is 22.1 Å². The SMILES string of the molecule is CCc1nc(Oc2ccc(Cl)cc2N)cc(=O)[nH]1. The lowest BCUT2D eigenvalue weighted by Gasteiger charge is -2.08. The quantitative estimate of drug-likeness (QED) is 0.835. The highest BCUT2D eigenvalue weighted by Crippen LogP contribution is 2.28. The Morgan fingerprint density at radius 1 is 1.44 bits per heavy atom. The zero-order valence-electron chi connectivity index (χ0n) is 9.74. The second-order valence-corrected chi connectivity index (χ2v) is 4.10. The number of aromatic nitrogens is 2. The second-order valence-electron chi connectivity index (χ2n) is 3.67. The number of hydrogen-bond donors (Lipinski definition) is 2. The summed E-state index contributed by atoms with van der Waals surface area (Å²) in [6.07, 6.45) is 0.614. The van der Waals surface area contributed by atoms with Gasteiger partial charge in [-0.1, -0.05) is 18.5 Å². The van der Waals surface area contributed by atoms with Crippen LogP contribution in [0.25, 0.3) is 0 Å². The van der Waals surface area contributed by atoms with Crippen molar-refractivity contribution < 1.29 is 4.74 Å². The minimum atomic E-state index is -0.260. The summed E-state index contributed by atoms with van der Waals surface area (Å²) in [7, 11) is 0. The Hall–Kier alpha value is -2.01. The summed E-state index contributed by atoms with van der Waals surface area (Å²) in [5.74, 6) is 1.19. The van der Waals surface area contributed by atoms with Crippen molar-refractivity contribution in [3.63, 3.8) is 0 Å². The highest BCUT2D eigenvalue weighted by atomic mass is 35.5. The summed E-state index contributed by atoms with van der Waals surface area (Å²) >= 11 is 5.79. The van der Waals surface area contributed by atoms with Gasteiger partial charge in [-0.05, 0) is 18.2 Å². The summed E-state index contributed by atoms with van der Waals surface area (Å²) in [4.78, 5) is 18.1. The molecule has 1 aromatic heterocycles.